The maximum Gasteiger partial charge on any atom is 0.127 e. The Morgan fingerprint density at radius 1 is 1.05 bits per heavy atom. The molecule has 0 saturated carbocycles. The van der Waals surface area contributed by atoms with Gasteiger partial charge in [0.15, 0.2) is 0 Å². The third-order valence-electron chi connectivity index (χ3n) is 4.37. The smallest absolute Gasteiger partial charge is 0.127 e. The van der Waals surface area contributed by atoms with Gasteiger partial charge in [-0.15, -0.1) is 0 Å². The summed E-state index contributed by atoms with van der Waals surface area (Å²) in [4.78, 5) is 12.4. The molecule has 0 unspecified atom stereocenters. The number of hydrogen-bond donors (Lipinski definition) is 0. The second-order valence-electron chi connectivity index (χ2n) is 6.14. The van der Waals surface area contributed by atoms with Crippen LogP contribution in [0.1, 0.15) is 5.56 Å². The highest BCUT2D eigenvalue weighted by atomic mass is 16.5. The number of hydrogen-bond acceptors (Lipinski definition) is 5. The predicted molar refractivity (Wildman–Crippen MR) is 78.0 cm³/mol. The molecule has 20 heavy (non-hydrogen) atoms. The molecule has 5 heteroatoms. The molecule has 0 spiro atoms. The van der Waals surface area contributed by atoms with Crippen molar-refractivity contribution >= 4 is 6.21 Å². The number of nitrogens with zero attached hydrogens (tertiary/aromatic N) is 4. The van der Waals surface area contributed by atoms with Gasteiger partial charge < -0.3 is 4.74 Å². The Balaban J connectivity index is 1.60. The summed E-state index contributed by atoms with van der Waals surface area (Å²) in [6, 6.07) is 8.06. The number of rotatable bonds is 3. The molecule has 106 valence electrons. The zero-order valence-electron chi connectivity index (χ0n) is 11.8. The summed E-state index contributed by atoms with van der Waals surface area (Å²) in [7, 11) is 1.71. The lowest BCUT2D eigenvalue weighted by molar-refractivity contribution is -0.139. The molecule has 1 aromatic carbocycles. The van der Waals surface area contributed by atoms with Crippen LogP contribution >= 0.6 is 0 Å². The van der Waals surface area contributed by atoms with E-state index in [0.29, 0.717) is 0 Å². The minimum absolute atomic E-state index is 0.0373. The zero-order valence-corrected chi connectivity index (χ0v) is 11.8. The van der Waals surface area contributed by atoms with Crippen molar-refractivity contribution in [1.82, 2.24) is 14.7 Å². The van der Waals surface area contributed by atoms with E-state index in [1.807, 2.05) is 24.4 Å². The topological polar surface area (TPSA) is 31.3 Å². The molecule has 4 bridgehead atoms. The van der Waals surface area contributed by atoms with Gasteiger partial charge in [0.25, 0.3) is 0 Å². The maximum absolute atomic E-state index is 5.39. The molecule has 4 fully saturated rings. The Kier molecular flexibility index (Phi) is 2.80. The fourth-order valence-electron chi connectivity index (χ4n) is 3.78. The van der Waals surface area contributed by atoms with Crippen LogP contribution in [0.4, 0.5) is 0 Å². The molecule has 0 atom stereocenters. The summed E-state index contributed by atoms with van der Waals surface area (Å²) in [5.41, 5.74) is 1.10. The fourth-order valence-corrected chi connectivity index (χ4v) is 3.78. The van der Waals surface area contributed by atoms with Crippen LogP contribution in [-0.4, -0.2) is 73.2 Å². The molecule has 0 aromatic heterocycles. The van der Waals surface area contributed by atoms with Crippen molar-refractivity contribution in [2.45, 2.75) is 5.54 Å². The molecule has 4 heterocycles. The Hall–Kier alpha value is -1.43. The van der Waals surface area contributed by atoms with Gasteiger partial charge in [-0.3, -0.25) is 19.7 Å². The minimum Gasteiger partial charge on any atom is -0.496 e. The van der Waals surface area contributed by atoms with E-state index < -0.39 is 0 Å². The highest BCUT2D eigenvalue weighted by Crippen LogP contribution is 2.31. The zero-order chi connectivity index (χ0) is 13.6. The summed E-state index contributed by atoms with van der Waals surface area (Å²) in [5, 5.41) is 0. The third-order valence-corrected chi connectivity index (χ3v) is 4.37. The largest absolute Gasteiger partial charge is 0.496 e. The number of para-hydroxylation sites is 1. The lowest BCUT2D eigenvalue weighted by atomic mass is 9.91. The lowest BCUT2D eigenvalue weighted by Gasteiger charge is -2.59. The number of ether oxygens (including phenoxy) is 1. The van der Waals surface area contributed by atoms with Gasteiger partial charge in [-0.05, 0) is 12.1 Å². The van der Waals surface area contributed by atoms with Gasteiger partial charge in [-0.2, -0.15) is 0 Å². The van der Waals surface area contributed by atoms with Crippen molar-refractivity contribution in [3.8, 4) is 5.75 Å². The van der Waals surface area contributed by atoms with E-state index in [-0.39, 0.29) is 5.54 Å². The highest BCUT2D eigenvalue weighted by Gasteiger charge is 2.48. The Bertz CT molecular complexity index is 507. The standard InChI is InChI=1S/C15H20N4O/c1-20-14-5-3-2-4-13(14)6-16-15-7-17-10-18(8-15)12-19(9-15)11-17/h2-6H,7-12H2,1H3. The van der Waals surface area contributed by atoms with Crippen molar-refractivity contribution in [3.05, 3.63) is 29.8 Å². The van der Waals surface area contributed by atoms with E-state index in [2.05, 4.69) is 20.8 Å². The molecule has 0 amide bonds. The van der Waals surface area contributed by atoms with Crippen LogP contribution < -0.4 is 4.74 Å². The molecule has 0 radical (unpaired) electrons. The first-order valence-electron chi connectivity index (χ1n) is 7.12. The average molecular weight is 272 g/mol. The van der Waals surface area contributed by atoms with Crippen LogP contribution in [0.15, 0.2) is 29.3 Å². The summed E-state index contributed by atoms with van der Waals surface area (Å²) < 4.78 is 5.39. The first kappa shape index (κ1) is 12.3. The van der Waals surface area contributed by atoms with Crippen molar-refractivity contribution in [2.24, 2.45) is 4.99 Å². The Labute approximate surface area is 119 Å². The molecule has 4 aliphatic rings. The molecule has 0 N–H and O–H groups in total. The van der Waals surface area contributed by atoms with E-state index in [4.69, 9.17) is 9.73 Å². The van der Waals surface area contributed by atoms with Crippen LogP contribution in [0.2, 0.25) is 0 Å². The van der Waals surface area contributed by atoms with Crippen LogP contribution in [0, 0.1) is 0 Å². The summed E-state index contributed by atoms with van der Waals surface area (Å²) in [6.45, 7) is 6.52. The van der Waals surface area contributed by atoms with Gasteiger partial charge in [0.1, 0.15) is 5.75 Å². The van der Waals surface area contributed by atoms with Gasteiger partial charge in [-0.1, -0.05) is 12.1 Å². The number of benzene rings is 1. The quantitative estimate of drug-likeness (QED) is 0.757. The normalized spacial score (nSPS) is 38.5. The van der Waals surface area contributed by atoms with Crippen molar-refractivity contribution < 1.29 is 4.74 Å². The van der Waals surface area contributed by atoms with Crippen molar-refractivity contribution in [1.29, 1.82) is 0 Å². The molecular weight excluding hydrogens is 252 g/mol. The summed E-state index contributed by atoms with van der Waals surface area (Å²) >= 11 is 0. The second kappa shape index (κ2) is 4.55. The van der Waals surface area contributed by atoms with Gasteiger partial charge in [0, 0.05) is 31.4 Å². The molecule has 4 aliphatic heterocycles. The molecule has 5 rings (SSSR count). The molecule has 0 aliphatic carbocycles. The average Bonchev–Trinajstić information content (AvgIpc) is 2.44. The monoisotopic (exact) mass is 272 g/mol. The molecular formula is C15H20N4O. The van der Waals surface area contributed by atoms with Gasteiger partial charge >= 0.3 is 0 Å². The van der Waals surface area contributed by atoms with Gasteiger partial charge in [-0.25, -0.2) is 0 Å². The van der Waals surface area contributed by atoms with Crippen LogP contribution in [-0.2, 0) is 0 Å². The molecule has 5 nitrogen and oxygen atoms in total. The molecule has 1 aromatic rings. The van der Waals surface area contributed by atoms with E-state index in [9.17, 15) is 0 Å². The Morgan fingerprint density at radius 3 is 2.25 bits per heavy atom. The van der Waals surface area contributed by atoms with E-state index >= 15 is 0 Å². The molecule has 4 saturated heterocycles. The van der Waals surface area contributed by atoms with Gasteiger partial charge in [0.2, 0.25) is 0 Å². The maximum atomic E-state index is 5.39. The third kappa shape index (κ3) is 2.02. The predicted octanol–water partition coefficient (Wildman–Crippen LogP) is 0.672. The van der Waals surface area contributed by atoms with Gasteiger partial charge in [0.05, 0.1) is 32.7 Å². The Morgan fingerprint density at radius 2 is 1.65 bits per heavy atom. The van der Waals surface area contributed by atoms with Crippen LogP contribution in [0.25, 0.3) is 0 Å². The van der Waals surface area contributed by atoms with E-state index in [1.54, 1.807) is 7.11 Å². The summed E-state index contributed by atoms with van der Waals surface area (Å²) in [6.07, 6.45) is 2.00. The minimum atomic E-state index is 0.0373. The van der Waals surface area contributed by atoms with Crippen molar-refractivity contribution in [3.63, 3.8) is 0 Å². The lowest BCUT2D eigenvalue weighted by Crippen LogP contribution is -2.75. The highest BCUT2D eigenvalue weighted by molar-refractivity contribution is 5.83. The first-order valence-corrected chi connectivity index (χ1v) is 7.12. The summed E-state index contributed by atoms with van der Waals surface area (Å²) in [5.74, 6) is 0.891. The number of methoxy groups -OCH3 is 1. The van der Waals surface area contributed by atoms with E-state index in [1.165, 1.54) is 0 Å². The fraction of sp³-hybridized carbons (Fsp3) is 0.533. The van der Waals surface area contributed by atoms with Crippen molar-refractivity contribution in [2.75, 3.05) is 46.8 Å². The number of aliphatic imine (C=N–C) groups is 1. The van der Waals surface area contributed by atoms with Crippen LogP contribution in [0.5, 0.6) is 5.75 Å². The SMILES string of the molecule is COc1ccccc1C=NC12CN3CN(CN(C3)C1)C2. The second-order valence-corrected chi connectivity index (χ2v) is 6.14. The van der Waals surface area contributed by atoms with Crippen LogP contribution in [0.3, 0.4) is 0 Å². The first-order chi connectivity index (χ1) is 9.76. The van der Waals surface area contributed by atoms with E-state index in [0.717, 1.165) is 51.0 Å².